The van der Waals surface area contributed by atoms with E-state index in [9.17, 15) is 13.6 Å². The van der Waals surface area contributed by atoms with E-state index < -0.39 is 17.5 Å². The molecule has 7 heteroatoms. The number of benzene rings is 2. The Labute approximate surface area is 148 Å². The second-order valence-corrected chi connectivity index (χ2v) is 5.57. The van der Waals surface area contributed by atoms with Crippen molar-refractivity contribution in [2.75, 3.05) is 7.11 Å². The second-order valence-electron chi connectivity index (χ2n) is 5.57. The predicted octanol–water partition coefficient (Wildman–Crippen LogP) is 3.49. The van der Waals surface area contributed by atoms with E-state index in [-0.39, 0.29) is 18.5 Å². The molecular formula is C19H16F2N2O3. The molecule has 3 rings (SSSR count). The van der Waals surface area contributed by atoms with Gasteiger partial charge in [0, 0.05) is 23.7 Å². The van der Waals surface area contributed by atoms with E-state index in [0.717, 1.165) is 17.7 Å². The van der Waals surface area contributed by atoms with E-state index >= 15 is 0 Å². The molecule has 1 aromatic heterocycles. The van der Waals surface area contributed by atoms with Crippen LogP contribution in [-0.4, -0.2) is 18.2 Å². The minimum absolute atomic E-state index is 0.0659. The van der Waals surface area contributed by atoms with Crippen LogP contribution in [0.3, 0.4) is 0 Å². The lowest BCUT2D eigenvalue weighted by Crippen LogP contribution is -2.25. The lowest BCUT2D eigenvalue weighted by molar-refractivity contribution is -0.120. The van der Waals surface area contributed by atoms with Crippen LogP contribution < -0.4 is 10.1 Å². The molecule has 0 atom stereocenters. The fraction of sp³-hybridized carbons (Fsp3) is 0.158. The predicted molar refractivity (Wildman–Crippen MR) is 90.4 cm³/mol. The number of hydrogen-bond acceptors (Lipinski definition) is 4. The zero-order valence-corrected chi connectivity index (χ0v) is 14.0. The van der Waals surface area contributed by atoms with Gasteiger partial charge in [0.05, 0.1) is 19.2 Å². The summed E-state index contributed by atoms with van der Waals surface area (Å²) in [6, 6.07) is 12.4. The number of carbonyl (C=O) groups is 1. The zero-order valence-electron chi connectivity index (χ0n) is 14.0. The fourth-order valence-electron chi connectivity index (χ4n) is 2.42. The molecular weight excluding hydrogens is 342 g/mol. The maximum atomic E-state index is 13.6. The Hall–Kier alpha value is -3.22. The third-order valence-corrected chi connectivity index (χ3v) is 3.78. The average molecular weight is 358 g/mol. The summed E-state index contributed by atoms with van der Waals surface area (Å²) in [5.41, 5.74) is 0.990. The van der Waals surface area contributed by atoms with Crippen molar-refractivity contribution in [2.45, 2.75) is 13.0 Å². The van der Waals surface area contributed by atoms with Gasteiger partial charge in [0.1, 0.15) is 17.4 Å². The Morgan fingerprint density at radius 3 is 2.62 bits per heavy atom. The van der Waals surface area contributed by atoms with E-state index in [4.69, 9.17) is 9.26 Å². The highest BCUT2D eigenvalue weighted by Crippen LogP contribution is 2.24. The Balaban J connectivity index is 1.62. The van der Waals surface area contributed by atoms with Gasteiger partial charge in [0.25, 0.3) is 0 Å². The third kappa shape index (κ3) is 4.05. The molecule has 0 saturated carbocycles. The summed E-state index contributed by atoms with van der Waals surface area (Å²) in [5.74, 6) is -0.658. The van der Waals surface area contributed by atoms with Crippen molar-refractivity contribution in [3.8, 4) is 17.1 Å². The van der Waals surface area contributed by atoms with Crippen molar-refractivity contribution in [1.29, 1.82) is 0 Å². The molecule has 0 aliphatic carbocycles. The van der Waals surface area contributed by atoms with Crippen molar-refractivity contribution in [1.82, 2.24) is 10.5 Å². The summed E-state index contributed by atoms with van der Waals surface area (Å²) in [6.45, 7) is -0.238. The topological polar surface area (TPSA) is 64.4 Å². The first-order valence-corrected chi connectivity index (χ1v) is 7.86. The fourth-order valence-corrected chi connectivity index (χ4v) is 2.42. The summed E-state index contributed by atoms with van der Waals surface area (Å²) in [7, 11) is 1.56. The van der Waals surface area contributed by atoms with Crippen LogP contribution in [0.1, 0.15) is 11.3 Å². The van der Waals surface area contributed by atoms with E-state index in [0.29, 0.717) is 17.2 Å². The van der Waals surface area contributed by atoms with Gasteiger partial charge in [-0.2, -0.15) is 0 Å². The van der Waals surface area contributed by atoms with Crippen LogP contribution >= 0.6 is 0 Å². The van der Waals surface area contributed by atoms with Crippen LogP contribution in [0.25, 0.3) is 11.3 Å². The minimum Gasteiger partial charge on any atom is -0.497 e. The van der Waals surface area contributed by atoms with Crippen LogP contribution in [0.4, 0.5) is 8.78 Å². The molecule has 0 fully saturated rings. The van der Waals surface area contributed by atoms with Gasteiger partial charge in [-0.3, -0.25) is 4.79 Å². The maximum Gasteiger partial charge on any atom is 0.226 e. The zero-order chi connectivity index (χ0) is 18.5. The smallest absolute Gasteiger partial charge is 0.226 e. The molecule has 0 spiro atoms. The summed E-state index contributed by atoms with van der Waals surface area (Å²) in [5, 5.41) is 6.33. The number of ether oxygens (including phenoxy) is 1. The molecule has 5 nitrogen and oxygen atoms in total. The van der Waals surface area contributed by atoms with E-state index in [1.165, 1.54) is 6.07 Å². The highest BCUT2D eigenvalue weighted by Gasteiger charge is 2.13. The van der Waals surface area contributed by atoms with Crippen LogP contribution in [-0.2, 0) is 17.8 Å². The Morgan fingerprint density at radius 2 is 1.88 bits per heavy atom. The number of nitrogens with zero attached hydrogens (tertiary/aromatic N) is 1. The van der Waals surface area contributed by atoms with Gasteiger partial charge in [-0.1, -0.05) is 23.4 Å². The Morgan fingerprint density at radius 1 is 1.15 bits per heavy atom. The van der Waals surface area contributed by atoms with E-state index in [1.54, 1.807) is 25.3 Å². The minimum atomic E-state index is -0.702. The SMILES string of the molecule is COc1cccc(-c2cc(CC(=O)NCc3c(F)cccc3F)no2)c1. The molecule has 0 aliphatic heterocycles. The lowest BCUT2D eigenvalue weighted by atomic mass is 10.1. The van der Waals surface area contributed by atoms with Crippen LogP contribution in [0.2, 0.25) is 0 Å². The quantitative estimate of drug-likeness (QED) is 0.733. The third-order valence-electron chi connectivity index (χ3n) is 3.78. The molecule has 0 saturated heterocycles. The number of aromatic nitrogens is 1. The standard InChI is InChI=1S/C19H16F2N2O3/c1-25-14-5-2-4-12(8-14)18-9-13(23-26-18)10-19(24)22-11-15-16(20)6-3-7-17(15)21/h2-9H,10-11H2,1H3,(H,22,24). The molecule has 0 radical (unpaired) electrons. The van der Waals surface area contributed by atoms with Crippen LogP contribution in [0, 0.1) is 11.6 Å². The molecule has 0 aliphatic rings. The van der Waals surface area contributed by atoms with Gasteiger partial charge in [-0.25, -0.2) is 8.78 Å². The number of carbonyl (C=O) groups excluding carboxylic acids is 1. The number of nitrogens with one attached hydrogen (secondary N) is 1. The summed E-state index contributed by atoms with van der Waals surface area (Å²) in [4.78, 5) is 12.0. The van der Waals surface area contributed by atoms with E-state index in [2.05, 4.69) is 10.5 Å². The van der Waals surface area contributed by atoms with E-state index in [1.807, 2.05) is 12.1 Å². The van der Waals surface area contributed by atoms with Gasteiger partial charge >= 0.3 is 0 Å². The number of amides is 1. The van der Waals surface area contributed by atoms with Crippen molar-refractivity contribution in [3.05, 3.63) is 71.4 Å². The summed E-state index contributed by atoms with van der Waals surface area (Å²) < 4.78 is 37.5. The van der Waals surface area contributed by atoms with Gasteiger partial charge in [0.2, 0.25) is 5.91 Å². The van der Waals surface area contributed by atoms with Crippen molar-refractivity contribution in [2.24, 2.45) is 0 Å². The number of hydrogen-bond donors (Lipinski definition) is 1. The Bertz CT molecular complexity index is 904. The molecule has 26 heavy (non-hydrogen) atoms. The molecule has 0 unspecified atom stereocenters. The first-order valence-electron chi connectivity index (χ1n) is 7.86. The van der Waals surface area contributed by atoms with Gasteiger partial charge < -0.3 is 14.6 Å². The van der Waals surface area contributed by atoms with Gasteiger partial charge in [-0.05, 0) is 24.3 Å². The van der Waals surface area contributed by atoms with Crippen molar-refractivity contribution >= 4 is 5.91 Å². The number of methoxy groups -OCH3 is 1. The maximum absolute atomic E-state index is 13.6. The van der Waals surface area contributed by atoms with Gasteiger partial charge in [0.15, 0.2) is 5.76 Å². The molecule has 2 aromatic carbocycles. The summed E-state index contributed by atoms with van der Waals surface area (Å²) >= 11 is 0. The highest BCUT2D eigenvalue weighted by molar-refractivity contribution is 5.78. The molecule has 1 heterocycles. The molecule has 1 N–H and O–H groups in total. The highest BCUT2D eigenvalue weighted by atomic mass is 19.1. The normalized spacial score (nSPS) is 10.6. The van der Waals surface area contributed by atoms with Crippen molar-refractivity contribution in [3.63, 3.8) is 0 Å². The molecule has 0 bridgehead atoms. The second kappa shape index (κ2) is 7.77. The summed E-state index contributed by atoms with van der Waals surface area (Å²) in [6.07, 6.45) is -0.0659. The Kier molecular flexibility index (Phi) is 5.26. The first kappa shape index (κ1) is 17.6. The largest absolute Gasteiger partial charge is 0.497 e. The number of halogens is 2. The van der Waals surface area contributed by atoms with Crippen molar-refractivity contribution < 1.29 is 22.8 Å². The average Bonchev–Trinajstić information content (AvgIpc) is 3.10. The molecule has 3 aromatic rings. The van der Waals surface area contributed by atoms with Crippen LogP contribution in [0.15, 0.2) is 53.1 Å². The lowest BCUT2D eigenvalue weighted by Gasteiger charge is -2.06. The molecule has 134 valence electrons. The van der Waals surface area contributed by atoms with Crippen LogP contribution in [0.5, 0.6) is 5.75 Å². The number of rotatable bonds is 6. The monoisotopic (exact) mass is 358 g/mol. The molecule has 1 amide bonds. The first-order chi connectivity index (χ1) is 12.6. The van der Waals surface area contributed by atoms with Gasteiger partial charge in [-0.15, -0.1) is 0 Å².